The summed E-state index contributed by atoms with van der Waals surface area (Å²) in [5.74, 6) is 0.0575. The predicted octanol–water partition coefficient (Wildman–Crippen LogP) is 2.91. The van der Waals surface area contributed by atoms with Crippen molar-refractivity contribution in [3.8, 4) is 0 Å². The first-order valence-corrected chi connectivity index (χ1v) is 6.82. The zero-order chi connectivity index (χ0) is 12.8. The van der Waals surface area contributed by atoms with Gasteiger partial charge in [0, 0.05) is 10.9 Å². The van der Waals surface area contributed by atoms with Crippen LogP contribution in [-0.2, 0) is 16.1 Å². The Kier molecular flexibility index (Phi) is 5.65. The monoisotopic (exact) mass is 255 g/mol. The fourth-order valence-electron chi connectivity index (χ4n) is 1.45. The second-order valence-electron chi connectivity index (χ2n) is 4.55. The van der Waals surface area contributed by atoms with Gasteiger partial charge in [0.1, 0.15) is 6.61 Å². The van der Waals surface area contributed by atoms with E-state index in [1.54, 1.807) is 11.3 Å². The Bertz CT molecular complexity index is 333. The van der Waals surface area contributed by atoms with Crippen LogP contribution in [0.4, 0.5) is 0 Å². The zero-order valence-electron chi connectivity index (χ0n) is 11.0. The number of amides is 1. The molecule has 0 unspecified atom stereocenters. The van der Waals surface area contributed by atoms with Crippen molar-refractivity contribution in [3.63, 3.8) is 0 Å². The fourth-order valence-corrected chi connectivity index (χ4v) is 2.15. The van der Waals surface area contributed by atoms with Gasteiger partial charge in [-0.05, 0) is 39.1 Å². The van der Waals surface area contributed by atoms with Crippen molar-refractivity contribution in [1.82, 2.24) is 4.90 Å². The Balaban J connectivity index is 2.56. The molecule has 0 fully saturated rings. The Morgan fingerprint density at radius 2 is 2.12 bits per heavy atom. The molecule has 0 atom stereocenters. The van der Waals surface area contributed by atoms with E-state index in [1.807, 2.05) is 44.0 Å². The van der Waals surface area contributed by atoms with Crippen LogP contribution in [0.2, 0.25) is 0 Å². The van der Waals surface area contributed by atoms with Gasteiger partial charge in [-0.3, -0.25) is 4.79 Å². The van der Waals surface area contributed by atoms with E-state index in [2.05, 4.69) is 6.07 Å². The summed E-state index contributed by atoms with van der Waals surface area (Å²) in [6, 6.07) is 4.25. The maximum Gasteiger partial charge on any atom is 0.249 e. The summed E-state index contributed by atoms with van der Waals surface area (Å²) >= 11 is 1.68. The van der Waals surface area contributed by atoms with E-state index in [0.29, 0.717) is 6.54 Å². The molecule has 0 bridgehead atoms. The van der Waals surface area contributed by atoms with E-state index < -0.39 is 0 Å². The zero-order valence-corrected chi connectivity index (χ0v) is 11.8. The average molecular weight is 255 g/mol. The van der Waals surface area contributed by atoms with Crippen molar-refractivity contribution >= 4 is 17.2 Å². The van der Waals surface area contributed by atoms with E-state index in [4.69, 9.17) is 4.74 Å². The summed E-state index contributed by atoms with van der Waals surface area (Å²) in [5.41, 5.74) is 0. The molecule has 1 rings (SSSR count). The predicted molar refractivity (Wildman–Crippen MR) is 71.1 cm³/mol. The Hall–Kier alpha value is -0.870. The molecule has 0 aromatic carbocycles. The van der Waals surface area contributed by atoms with E-state index in [1.165, 1.54) is 4.88 Å². The number of thiophene rings is 1. The number of rotatable bonds is 6. The van der Waals surface area contributed by atoms with Gasteiger partial charge in [-0.2, -0.15) is 0 Å². The number of carbonyl (C=O) groups is 1. The summed E-state index contributed by atoms with van der Waals surface area (Å²) in [6.07, 6.45) is 0.0923. The minimum absolute atomic E-state index is 0.0575. The van der Waals surface area contributed by atoms with E-state index in [0.717, 1.165) is 0 Å². The maximum atomic E-state index is 12.0. The third kappa shape index (κ3) is 4.88. The van der Waals surface area contributed by atoms with E-state index >= 15 is 0 Å². The van der Waals surface area contributed by atoms with Gasteiger partial charge in [-0.25, -0.2) is 0 Å². The number of nitrogens with zero attached hydrogens (tertiary/aromatic N) is 1. The summed E-state index contributed by atoms with van der Waals surface area (Å²) < 4.78 is 5.37. The lowest BCUT2D eigenvalue weighted by atomic mass is 10.3. The molecule has 1 heterocycles. The van der Waals surface area contributed by atoms with Crippen LogP contribution < -0.4 is 0 Å². The van der Waals surface area contributed by atoms with E-state index in [9.17, 15) is 4.79 Å². The van der Waals surface area contributed by atoms with Crippen LogP contribution in [0.15, 0.2) is 17.5 Å². The minimum atomic E-state index is 0.0575. The highest BCUT2D eigenvalue weighted by molar-refractivity contribution is 7.09. The largest absolute Gasteiger partial charge is 0.369 e. The topological polar surface area (TPSA) is 29.5 Å². The summed E-state index contributed by atoms with van der Waals surface area (Å²) in [4.78, 5) is 15.1. The van der Waals surface area contributed by atoms with Crippen LogP contribution in [0.3, 0.4) is 0 Å². The minimum Gasteiger partial charge on any atom is -0.369 e. The summed E-state index contributed by atoms with van der Waals surface area (Å²) in [6.45, 7) is 8.77. The molecule has 0 N–H and O–H groups in total. The van der Waals surface area contributed by atoms with Crippen LogP contribution in [0, 0.1) is 0 Å². The lowest BCUT2D eigenvalue weighted by Crippen LogP contribution is -2.39. The van der Waals surface area contributed by atoms with Crippen LogP contribution >= 0.6 is 11.3 Å². The van der Waals surface area contributed by atoms with Gasteiger partial charge >= 0.3 is 0 Å². The van der Waals surface area contributed by atoms with Crippen LogP contribution in [0.5, 0.6) is 0 Å². The Morgan fingerprint density at radius 3 is 2.59 bits per heavy atom. The van der Waals surface area contributed by atoms with Gasteiger partial charge in [0.2, 0.25) is 5.91 Å². The molecule has 4 heteroatoms. The molecule has 0 aliphatic heterocycles. The number of carbonyl (C=O) groups excluding carboxylic acids is 1. The van der Waals surface area contributed by atoms with Crippen LogP contribution in [-0.4, -0.2) is 29.6 Å². The molecule has 0 saturated carbocycles. The molecule has 0 saturated heterocycles. The van der Waals surface area contributed by atoms with Crippen molar-refractivity contribution in [1.29, 1.82) is 0 Å². The summed E-state index contributed by atoms with van der Waals surface area (Å²) in [7, 11) is 0. The smallest absolute Gasteiger partial charge is 0.249 e. The first kappa shape index (κ1) is 14.2. The van der Waals surface area contributed by atoms with Crippen molar-refractivity contribution in [2.75, 3.05) is 6.61 Å². The third-order valence-corrected chi connectivity index (χ3v) is 3.25. The average Bonchev–Trinajstić information content (AvgIpc) is 2.74. The molecule has 1 amide bonds. The number of ether oxygens (including phenoxy) is 1. The quantitative estimate of drug-likeness (QED) is 0.782. The molecule has 17 heavy (non-hydrogen) atoms. The normalized spacial score (nSPS) is 11.2. The fraction of sp³-hybridized carbons (Fsp3) is 0.615. The SMILES string of the molecule is CC(C)OCC(=O)N(Cc1cccs1)C(C)C. The summed E-state index contributed by atoms with van der Waals surface area (Å²) in [5, 5.41) is 2.03. The molecule has 0 aliphatic rings. The van der Waals surface area contributed by atoms with Gasteiger partial charge in [-0.1, -0.05) is 6.07 Å². The Morgan fingerprint density at radius 1 is 1.41 bits per heavy atom. The van der Waals surface area contributed by atoms with Crippen molar-refractivity contribution < 1.29 is 9.53 Å². The highest BCUT2D eigenvalue weighted by atomic mass is 32.1. The molecule has 0 radical (unpaired) electrons. The second kappa shape index (κ2) is 6.77. The van der Waals surface area contributed by atoms with Gasteiger partial charge in [0.25, 0.3) is 0 Å². The number of hydrogen-bond donors (Lipinski definition) is 0. The number of hydrogen-bond acceptors (Lipinski definition) is 3. The molecule has 1 aromatic heterocycles. The molecule has 1 aromatic rings. The van der Waals surface area contributed by atoms with Gasteiger partial charge < -0.3 is 9.64 Å². The van der Waals surface area contributed by atoms with Crippen molar-refractivity contribution in [2.45, 2.75) is 46.4 Å². The highest BCUT2D eigenvalue weighted by Gasteiger charge is 2.18. The highest BCUT2D eigenvalue weighted by Crippen LogP contribution is 2.14. The van der Waals surface area contributed by atoms with Gasteiger partial charge in [0.05, 0.1) is 12.6 Å². The molecule has 0 aliphatic carbocycles. The van der Waals surface area contributed by atoms with E-state index in [-0.39, 0.29) is 24.7 Å². The Labute approximate surface area is 107 Å². The van der Waals surface area contributed by atoms with Crippen molar-refractivity contribution in [3.05, 3.63) is 22.4 Å². The second-order valence-corrected chi connectivity index (χ2v) is 5.59. The molecule has 0 spiro atoms. The molecule has 96 valence electrons. The lowest BCUT2D eigenvalue weighted by Gasteiger charge is -2.26. The molecular weight excluding hydrogens is 234 g/mol. The van der Waals surface area contributed by atoms with Crippen LogP contribution in [0.25, 0.3) is 0 Å². The third-order valence-electron chi connectivity index (χ3n) is 2.39. The maximum absolute atomic E-state index is 12.0. The molecular formula is C13H21NO2S. The standard InChI is InChI=1S/C13H21NO2S/c1-10(2)14(8-12-6-5-7-17-12)13(15)9-16-11(3)4/h5-7,10-11H,8-9H2,1-4H3. The molecule has 3 nitrogen and oxygen atoms in total. The first-order valence-electron chi connectivity index (χ1n) is 5.94. The lowest BCUT2D eigenvalue weighted by molar-refractivity contribution is -0.139. The van der Waals surface area contributed by atoms with Crippen LogP contribution in [0.1, 0.15) is 32.6 Å². The van der Waals surface area contributed by atoms with Gasteiger partial charge in [0.15, 0.2) is 0 Å². The van der Waals surface area contributed by atoms with Crippen molar-refractivity contribution in [2.24, 2.45) is 0 Å². The van der Waals surface area contributed by atoms with Gasteiger partial charge in [-0.15, -0.1) is 11.3 Å². The first-order chi connectivity index (χ1) is 8.00.